The molecule has 1 aromatic heterocycles. The molecule has 1 aliphatic heterocycles. The van der Waals surface area contributed by atoms with Gasteiger partial charge in [0.05, 0.1) is 17.4 Å². The number of hydrogen-bond donors (Lipinski definition) is 3. The lowest BCUT2D eigenvalue weighted by molar-refractivity contribution is 0.0939. The molecule has 1 fully saturated rings. The van der Waals surface area contributed by atoms with Gasteiger partial charge in [0.1, 0.15) is 0 Å². The fourth-order valence-electron chi connectivity index (χ4n) is 2.31. The Balaban J connectivity index is 1.87. The van der Waals surface area contributed by atoms with Crippen molar-refractivity contribution in [1.29, 1.82) is 0 Å². The van der Waals surface area contributed by atoms with Crippen LogP contribution < -0.4 is 16.6 Å². The lowest BCUT2D eigenvalue weighted by Crippen LogP contribution is -2.37. The Morgan fingerprint density at radius 3 is 2.95 bits per heavy atom. The quantitative estimate of drug-likeness (QED) is 0.542. The van der Waals surface area contributed by atoms with E-state index < -0.39 is 0 Å². The van der Waals surface area contributed by atoms with E-state index in [0.717, 1.165) is 32.5 Å². The number of likely N-dealkylation sites (tertiary alicyclic amines) is 1. The highest BCUT2D eigenvalue weighted by Gasteiger charge is 2.18. The van der Waals surface area contributed by atoms with Crippen LogP contribution in [0.4, 0.5) is 5.69 Å². The number of nitrogen functional groups attached to an aromatic ring is 1. The van der Waals surface area contributed by atoms with Crippen LogP contribution >= 0.6 is 0 Å². The monoisotopic (exact) mass is 263 g/mol. The summed E-state index contributed by atoms with van der Waals surface area (Å²) in [6.07, 6.45) is 5.40. The second kappa shape index (κ2) is 6.49. The molecular weight excluding hydrogens is 242 g/mol. The molecule has 1 amide bonds. The van der Waals surface area contributed by atoms with Gasteiger partial charge in [-0.15, -0.1) is 0 Å². The molecule has 0 aromatic carbocycles. The van der Waals surface area contributed by atoms with Gasteiger partial charge in [0.25, 0.3) is 5.91 Å². The predicted octanol–water partition coefficient (Wildman–Crippen LogP) is 0.439. The van der Waals surface area contributed by atoms with Crippen LogP contribution in [0.2, 0.25) is 0 Å². The largest absolute Gasteiger partial charge is 0.352 e. The highest BCUT2D eigenvalue weighted by Crippen LogP contribution is 2.16. The topological polar surface area (TPSA) is 83.3 Å². The number of nitrogens with two attached hydrogens (primary N) is 1. The molecule has 19 heavy (non-hydrogen) atoms. The molecule has 2 rings (SSSR count). The van der Waals surface area contributed by atoms with Crippen LogP contribution in [0, 0.1) is 5.92 Å². The fraction of sp³-hybridized carbons (Fsp3) is 0.538. The summed E-state index contributed by atoms with van der Waals surface area (Å²) in [6, 6.07) is 1.67. The number of carbonyl (C=O) groups excluding carboxylic acids is 1. The number of piperidine rings is 1. The molecule has 0 unspecified atom stereocenters. The molecule has 4 N–H and O–H groups in total. The van der Waals surface area contributed by atoms with Gasteiger partial charge in [0.2, 0.25) is 0 Å². The number of carbonyl (C=O) groups is 1. The Hall–Kier alpha value is -1.66. The highest BCUT2D eigenvalue weighted by atomic mass is 16.1. The Labute approximate surface area is 113 Å². The third kappa shape index (κ3) is 3.65. The van der Waals surface area contributed by atoms with Crippen molar-refractivity contribution in [2.75, 3.05) is 32.1 Å². The minimum absolute atomic E-state index is 0.103. The number of pyridine rings is 1. The van der Waals surface area contributed by atoms with Crippen molar-refractivity contribution in [2.45, 2.75) is 12.8 Å². The molecule has 0 aliphatic carbocycles. The lowest BCUT2D eigenvalue weighted by Gasteiger charge is -2.29. The van der Waals surface area contributed by atoms with E-state index in [9.17, 15) is 4.79 Å². The lowest BCUT2D eigenvalue weighted by atomic mass is 9.97. The highest BCUT2D eigenvalue weighted by molar-refractivity contribution is 5.99. The summed E-state index contributed by atoms with van der Waals surface area (Å²) < 4.78 is 0. The Morgan fingerprint density at radius 1 is 1.53 bits per heavy atom. The van der Waals surface area contributed by atoms with Gasteiger partial charge < -0.3 is 15.6 Å². The molecule has 0 saturated carbocycles. The summed E-state index contributed by atoms with van der Waals surface area (Å²) in [7, 11) is 2.13. The molecule has 1 aromatic rings. The van der Waals surface area contributed by atoms with Gasteiger partial charge in [0, 0.05) is 12.7 Å². The van der Waals surface area contributed by atoms with Crippen molar-refractivity contribution in [3.8, 4) is 0 Å². The van der Waals surface area contributed by atoms with E-state index in [-0.39, 0.29) is 5.91 Å². The van der Waals surface area contributed by atoms with Crippen molar-refractivity contribution in [3.63, 3.8) is 0 Å². The first-order valence-electron chi connectivity index (χ1n) is 6.58. The van der Waals surface area contributed by atoms with Gasteiger partial charge in [0.15, 0.2) is 0 Å². The first kappa shape index (κ1) is 13.8. The Morgan fingerprint density at radius 2 is 2.26 bits per heavy atom. The number of aromatic nitrogens is 1. The van der Waals surface area contributed by atoms with Crippen molar-refractivity contribution >= 4 is 11.6 Å². The number of hydrogen-bond acceptors (Lipinski definition) is 5. The summed E-state index contributed by atoms with van der Waals surface area (Å²) in [4.78, 5) is 18.3. The molecule has 6 nitrogen and oxygen atoms in total. The third-order valence-electron chi connectivity index (χ3n) is 3.61. The molecular formula is C13H21N5O. The van der Waals surface area contributed by atoms with Crippen LogP contribution in [0.1, 0.15) is 23.2 Å². The van der Waals surface area contributed by atoms with E-state index >= 15 is 0 Å². The molecule has 0 spiro atoms. The average Bonchev–Trinajstić information content (AvgIpc) is 2.46. The molecule has 2 heterocycles. The Bertz CT molecular complexity index is 429. The molecule has 104 valence electrons. The fourth-order valence-corrected chi connectivity index (χ4v) is 2.31. The summed E-state index contributed by atoms with van der Waals surface area (Å²) in [5.41, 5.74) is 3.57. The summed E-state index contributed by atoms with van der Waals surface area (Å²) >= 11 is 0. The maximum atomic E-state index is 12.1. The summed E-state index contributed by atoms with van der Waals surface area (Å²) in [5.74, 6) is 5.83. The maximum absolute atomic E-state index is 12.1. The zero-order chi connectivity index (χ0) is 13.7. The van der Waals surface area contributed by atoms with Crippen molar-refractivity contribution in [1.82, 2.24) is 15.2 Å². The summed E-state index contributed by atoms with van der Waals surface area (Å²) in [6.45, 7) is 2.93. The first-order valence-corrected chi connectivity index (χ1v) is 6.58. The van der Waals surface area contributed by atoms with Crippen LogP contribution in [0.5, 0.6) is 0 Å². The van der Waals surface area contributed by atoms with Crippen molar-refractivity contribution in [2.24, 2.45) is 11.8 Å². The maximum Gasteiger partial charge on any atom is 0.253 e. The van der Waals surface area contributed by atoms with Crippen LogP contribution in [0.25, 0.3) is 0 Å². The molecule has 0 bridgehead atoms. The van der Waals surface area contributed by atoms with Gasteiger partial charge in [-0.1, -0.05) is 0 Å². The van der Waals surface area contributed by atoms with Gasteiger partial charge in [-0.3, -0.25) is 15.6 Å². The molecule has 1 aliphatic rings. The van der Waals surface area contributed by atoms with Crippen LogP contribution in [0.15, 0.2) is 18.5 Å². The van der Waals surface area contributed by atoms with Crippen LogP contribution in [-0.4, -0.2) is 42.5 Å². The minimum atomic E-state index is -0.103. The number of nitrogens with one attached hydrogen (secondary N) is 2. The Kier molecular flexibility index (Phi) is 4.70. The SMILES string of the molecule is CN1CCC(CNC(=O)c2ccncc2NN)CC1. The van der Waals surface area contributed by atoms with Crippen molar-refractivity contribution in [3.05, 3.63) is 24.0 Å². The van der Waals surface area contributed by atoms with E-state index in [4.69, 9.17) is 5.84 Å². The molecule has 6 heteroatoms. The second-order valence-electron chi connectivity index (χ2n) is 5.02. The van der Waals surface area contributed by atoms with Gasteiger partial charge >= 0.3 is 0 Å². The minimum Gasteiger partial charge on any atom is -0.352 e. The van der Waals surface area contributed by atoms with Crippen LogP contribution in [-0.2, 0) is 0 Å². The van der Waals surface area contributed by atoms with Gasteiger partial charge in [-0.2, -0.15) is 0 Å². The van der Waals surface area contributed by atoms with E-state index in [1.54, 1.807) is 18.5 Å². The van der Waals surface area contributed by atoms with Crippen molar-refractivity contribution < 1.29 is 4.79 Å². The van der Waals surface area contributed by atoms with Gasteiger partial charge in [-0.05, 0) is 45.0 Å². The number of anilines is 1. The normalized spacial score (nSPS) is 17.2. The second-order valence-corrected chi connectivity index (χ2v) is 5.02. The van der Waals surface area contributed by atoms with E-state index in [1.807, 2.05) is 0 Å². The number of nitrogens with zero attached hydrogens (tertiary/aromatic N) is 2. The molecule has 1 saturated heterocycles. The number of rotatable bonds is 4. The van der Waals surface area contributed by atoms with E-state index in [2.05, 4.69) is 27.7 Å². The first-order chi connectivity index (χ1) is 9.20. The predicted molar refractivity (Wildman–Crippen MR) is 74.6 cm³/mol. The van der Waals surface area contributed by atoms with Crippen LogP contribution in [0.3, 0.4) is 0 Å². The van der Waals surface area contributed by atoms with E-state index in [1.165, 1.54) is 0 Å². The number of hydrazine groups is 1. The zero-order valence-electron chi connectivity index (χ0n) is 11.2. The third-order valence-corrected chi connectivity index (χ3v) is 3.61. The smallest absolute Gasteiger partial charge is 0.253 e. The molecule has 0 atom stereocenters. The molecule has 0 radical (unpaired) electrons. The average molecular weight is 263 g/mol. The van der Waals surface area contributed by atoms with Gasteiger partial charge in [-0.25, -0.2) is 0 Å². The zero-order valence-corrected chi connectivity index (χ0v) is 11.2. The standard InChI is InChI=1S/C13H21N5O/c1-18-6-3-10(4-7-18)8-16-13(19)11-2-5-15-9-12(11)17-14/h2,5,9-10,17H,3-4,6-8,14H2,1H3,(H,16,19). The summed E-state index contributed by atoms with van der Waals surface area (Å²) in [5, 5.41) is 2.98. The number of amides is 1. The van der Waals surface area contributed by atoms with E-state index in [0.29, 0.717) is 17.2 Å².